The van der Waals surface area contributed by atoms with Gasteiger partial charge in [0.05, 0.1) is 23.1 Å². The average molecular weight is 389 g/mol. The Balaban J connectivity index is 1.38. The molecule has 0 fully saturated rings. The van der Waals surface area contributed by atoms with Crippen LogP contribution >= 0.6 is 0 Å². The van der Waals surface area contributed by atoms with Gasteiger partial charge in [0.1, 0.15) is 17.9 Å². The summed E-state index contributed by atoms with van der Waals surface area (Å²) >= 11 is 0. The Bertz CT molecular complexity index is 1530. The first-order valence-electron chi connectivity index (χ1n) is 10.1. The van der Waals surface area contributed by atoms with E-state index in [1.54, 1.807) is 0 Å². The maximum atomic E-state index is 6.10. The van der Waals surface area contributed by atoms with Gasteiger partial charge >= 0.3 is 0 Å². The van der Waals surface area contributed by atoms with E-state index in [1.807, 2.05) is 36.4 Å². The molecule has 0 bridgehead atoms. The van der Waals surface area contributed by atoms with Gasteiger partial charge < -0.3 is 9.30 Å². The molecular weight excluding hydrogens is 370 g/mol. The third kappa shape index (κ3) is 2.77. The smallest absolute Gasteiger partial charge is 0.160 e. The molecule has 4 aromatic carbocycles. The molecule has 0 aliphatic rings. The van der Waals surface area contributed by atoms with Gasteiger partial charge in [-0.2, -0.15) is 0 Å². The fraction of sp³-hybridized carbons (Fsp3) is 0.0769. The number of para-hydroxylation sites is 3. The highest BCUT2D eigenvalue weighted by Gasteiger charge is 2.14. The zero-order valence-corrected chi connectivity index (χ0v) is 16.3. The van der Waals surface area contributed by atoms with Crippen LogP contribution in [-0.2, 0) is 6.54 Å². The largest absolute Gasteiger partial charge is 0.492 e. The van der Waals surface area contributed by atoms with Crippen LogP contribution in [0.3, 0.4) is 0 Å². The van der Waals surface area contributed by atoms with Gasteiger partial charge in [0.25, 0.3) is 0 Å². The van der Waals surface area contributed by atoms with Crippen molar-refractivity contribution in [2.45, 2.75) is 6.54 Å². The number of aromatic nitrogens is 3. The van der Waals surface area contributed by atoms with Crippen LogP contribution < -0.4 is 4.74 Å². The van der Waals surface area contributed by atoms with E-state index in [0.717, 1.165) is 38.8 Å². The fourth-order valence-corrected chi connectivity index (χ4v) is 4.12. The zero-order chi connectivity index (χ0) is 19.9. The summed E-state index contributed by atoms with van der Waals surface area (Å²) in [6.07, 6.45) is 0. The van der Waals surface area contributed by atoms with Crippen LogP contribution in [0, 0.1) is 0 Å². The van der Waals surface area contributed by atoms with E-state index in [-0.39, 0.29) is 0 Å². The molecule has 6 aromatic rings. The van der Waals surface area contributed by atoms with E-state index in [9.17, 15) is 0 Å². The highest BCUT2D eigenvalue weighted by molar-refractivity contribution is 6.06. The van der Waals surface area contributed by atoms with Crippen molar-refractivity contribution in [3.63, 3.8) is 0 Å². The van der Waals surface area contributed by atoms with Gasteiger partial charge in [0.2, 0.25) is 0 Å². The van der Waals surface area contributed by atoms with E-state index >= 15 is 0 Å². The molecule has 0 aliphatic carbocycles. The van der Waals surface area contributed by atoms with Gasteiger partial charge in [0.15, 0.2) is 5.65 Å². The number of benzene rings is 4. The molecule has 0 radical (unpaired) electrons. The molecule has 30 heavy (non-hydrogen) atoms. The molecular formula is C26H19N3O. The summed E-state index contributed by atoms with van der Waals surface area (Å²) < 4.78 is 8.32. The van der Waals surface area contributed by atoms with Crippen molar-refractivity contribution in [3.05, 3.63) is 91.0 Å². The van der Waals surface area contributed by atoms with Crippen LogP contribution in [0.5, 0.6) is 5.75 Å². The lowest BCUT2D eigenvalue weighted by Crippen LogP contribution is -2.08. The predicted octanol–water partition coefficient (Wildman–Crippen LogP) is 5.97. The minimum absolute atomic E-state index is 0.556. The molecule has 0 amide bonds. The molecule has 4 heteroatoms. The maximum Gasteiger partial charge on any atom is 0.160 e. The van der Waals surface area contributed by atoms with Gasteiger partial charge in [-0.1, -0.05) is 60.7 Å². The molecule has 0 unspecified atom stereocenters. The predicted molar refractivity (Wildman–Crippen MR) is 122 cm³/mol. The zero-order valence-electron chi connectivity index (χ0n) is 16.3. The van der Waals surface area contributed by atoms with Crippen molar-refractivity contribution in [1.82, 2.24) is 14.5 Å². The normalized spacial score (nSPS) is 11.6. The van der Waals surface area contributed by atoms with Crippen molar-refractivity contribution >= 4 is 43.9 Å². The Labute approximate surface area is 173 Å². The van der Waals surface area contributed by atoms with Gasteiger partial charge in [-0.05, 0) is 41.1 Å². The van der Waals surface area contributed by atoms with Crippen molar-refractivity contribution in [2.24, 2.45) is 0 Å². The van der Waals surface area contributed by atoms with Crippen LogP contribution in [-0.4, -0.2) is 21.1 Å². The Hall–Kier alpha value is -3.92. The van der Waals surface area contributed by atoms with E-state index in [4.69, 9.17) is 14.7 Å². The number of nitrogens with zero attached hydrogens (tertiary/aromatic N) is 3. The van der Waals surface area contributed by atoms with Gasteiger partial charge in [0, 0.05) is 5.39 Å². The lowest BCUT2D eigenvalue weighted by molar-refractivity contribution is 0.302. The molecule has 2 heterocycles. The number of hydrogen-bond acceptors (Lipinski definition) is 3. The Kier molecular flexibility index (Phi) is 3.88. The highest BCUT2D eigenvalue weighted by Crippen LogP contribution is 2.28. The number of ether oxygens (including phenoxy) is 1. The summed E-state index contributed by atoms with van der Waals surface area (Å²) in [7, 11) is 0. The maximum absolute atomic E-state index is 6.10. The molecule has 0 saturated heterocycles. The molecule has 6 rings (SSSR count). The topological polar surface area (TPSA) is 39.9 Å². The van der Waals surface area contributed by atoms with Crippen molar-refractivity contribution in [1.29, 1.82) is 0 Å². The standard InChI is InChI=1S/C26H19N3O/c1-2-8-19-17-20(14-13-18(19)7-1)30-16-15-29-24-12-6-3-9-21(24)25-26(29)28-23-11-5-4-10-22(23)27-25/h1-14,17H,15-16H2. The third-order valence-corrected chi connectivity index (χ3v) is 5.56. The summed E-state index contributed by atoms with van der Waals surface area (Å²) in [5.41, 5.74) is 4.79. The first kappa shape index (κ1) is 17.0. The number of hydrogen-bond donors (Lipinski definition) is 0. The Morgan fingerprint density at radius 2 is 1.43 bits per heavy atom. The fourth-order valence-electron chi connectivity index (χ4n) is 4.12. The highest BCUT2D eigenvalue weighted by atomic mass is 16.5. The summed E-state index contributed by atoms with van der Waals surface area (Å²) in [5, 5.41) is 3.52. The van der Waals surface area contributed by atoms with Crippen molar-refractivity contribution in [2.75, 3.05) is 6.61 Å². The Morgan fingerprint density at radius 1 is 0.700 bits per heavy atom. The van der Waals surface area contributed by atoms with E-state index in [2.05, 4.69) is 59.2 Å². The molecule has 144 valence electrons. The van der Waals surface area contributed by atoms with Crippen molar-refractivity contribution in [3.8, 4) is 5.75 Å². The first-order valence-corrected chi connectivity index (χ1v) is 10.1. The molecule has 4 nitrogen and oxygen atoms in total. The summed E-state index contributed by atoms with van der Waals surface area (Å²) in [6.45, 7) is 1.25. The lowest BCUT2D eigenvalue weighted by atomic mass is 10.1. The molecule has 0 aliphatic heterocycles. The van der Waals surface area contributed by atoms with Crippen LogP contribution in [0.4, 0.5) is 0 Å². The first-order chi connectivity index (χ1) is 14.9. The number of fused-ring (bicyclic) bond motifs is 5. The molecule has 0 N–H and O–H groups in total. The van der Waals surface area contributed by atoms with Crippen molar-refractivity contribution < 1.29 is 4.74 Å². The van der Waals surface area contributed by atoms with Gasteiger partial charge in [-0.15, -0.1) is 0 Å². The minimum atomic E-state index is 0.556. The van der Waals surface area contributed by atoms with Crippen LogP contribution in [0.25, 0.3) is 43.9 Å². The van der Waals surface area contributed by atoms with Crippen LogP contribution in [0.15, 0.2) is 91.0 Å². The SMILES string of the molecule is c1ccc2cc(OCCn3c4ccccc4c4nc5ccccc5nc43)ccc2c1. The summed E-state index contributed by atoms with van der Waals surface area (Å²) in [6, 6.07) is 30.9. The minimum Gasteiger partial charge on any atom is -0.492 e. The lowest BCUT2D eigenvalue weighted by Gasteiger charge is -2.10. The van der Waals surface area contributed by atoms with E-state index < -0.39 is 0 Å². The van der Waals surface area contributed by atoms with E-state index in [0.29, 0.717) is 13.2 Å². The number of rotatable bonds is 4. The molecule has 0 spiro atoms. The second kappa shape index (κ2) is 6.85. The summed E-state index contributed by atoms with van der Waals surface area (Å²) in [4.78, 5) is 9.83. The molecule has 0 saturated carbocycles. The third-order valence-electron chi connectivity index (χ3n) is 5.56. The van der Waals surface area contributed by atoms with Crippen LogP contribution in [0.1, 0.15) is 0 Å². The quantitative estimate of drug-likeness (QED) is 0.373. The second-order valence-electron chi connectivity index (χ2n) is 7.41. The molecule has 2 aromatic heterocycles. The van der Waals surface area contributed by atoms with Gasteiger partial charge in [-0.3, -0.25) is 0 Å². The Morgan fingerprint density at radius 3 is 2.33 bits per heavy atom. The van der Waals surface area contributed by atoms with Gasteiger partial charge in [-0.25, -0.2) is 9.97 Å². The molecule has 0 atom stereocenters. The monoisotopic (exact) mass is 389 g/mol. The second-order valence-corrected chi connectivity index (χ2v) is 7.41. The van der Waals surface area contributed by atoms with Crippen LogP contribution in [0.2, 0.25) is 0 Å². The van der Waals surface area contributed by atoms with E-state index in [1.165, 1.54) is 10.8 Å². The average Bonchev–Trinajstić information content (AvgIpc) is 3.10. The summed E-state index contributed by atoms with van der Waals surface area (Å²) in [5.74, 6) is 0.881.